The lowest BCUT2D eigenvalue weighted by Gasteiger charge is -2.04. The highest BCUT2D eigenvalue weighted by molar-refractivity contribution is 7.91. The van der Waals surface area contributed by atoms with Crippen molar-refractivity contribution in [3.05, 3.63) is 54.6 Å². The number of rotatable bonds is 3. The van der Waals surface area contributed by atoms with Crippen molar-refractivity contribution in [1.82, 2.24) is 0 Å². The molecule has 0 saturated carbocycles. The molecule has 2 aromatic rings. The molecule has 0 aromatic heterocycles. The van der Waals surface area contributed by atoms with Crippen molar-refractivity contribution in [1.29, 1.82) is 5.26 Å². The van der Waals surface area contributed by atoms with Gasteiger partial charge in [0.1, 0.15) is 5.75 Å². The van der Waals surface area contributed by atoms with E-state index in [1.807, 2.05) is 0 Å². The number of nitriles is 1. The number of benzene rings is 2. The van der Waals surface area contributed by atoms with E-state index in [0.29, 0.717) is 5.75 Å². The molecular weight excluding hydrogens is 250 g/mol. The van der Waals surface area contributed by atoms with Crippen molar-refractivity contribution < 1.29 is 13.2 Å². The third-order valence-corrected chi connectivity index (χ3v) is 4.14. The van der Waals surface area contributed by atoms with Gasteiger partial charge in [-0.3, -0.25) is 0 Å². The summed E-state index contributed by atoms with van der Waals surface area (Å²) >= 11 is 0. The highest BCUT2D eigenvalue weighted by Gasteiger charge is 2.16. The second-order valence-electron chi connectivity index (χ2n) is 3.48. The van der Waals surface area contributed by atoms with E-state index in [-0.39, 0.29) is 9.79 Å². The molecule has 4 nitrogen and oxygen atoms in total. The van der Waals surface area contributed by atoms with E-state index in [1.165, 1.54) is 42.7 Å². The molecule has 2 rings (SSSR count). The minimum atomic E-state index is -3.51. The van der Waals surface area contributed by atoms with Crippen molar-refractivity contribution in [3.8, 4) is 12.0 Å². The first-order valence-electron chi connectivity index (χ1n) is 5.11. The fraction of sp³-hybridized carbons (Fsp3) is 0. The van der Waals surface area contributed by atoms with E-state index in [9.17, 15) is 8.42 Å². The van der Waals surface area contributed by atoms with Gasteiger partial charge in [0.15, 0.2) is 0 Å². The lowest BCUT2D eigenvalue weighted by Crippen LogP contribution is -2.01. The van der Waals surface area contributed by atoms with Crippen molar-refractivity contribution in [2.45, 2.75) is 9.79 Å². The molecule has 0 aliphatic rings. The molecule has 0 aliphatic carbocycles. The van der Waals surface area contributed by atoms with Crippen molar-refractivity contribution in [2.75, 3.05) is 0 Å². The molecule has 0 amide bonds. The number of hydrogen-bond acceptors (Lipinski definition) is 4. The number of ether oxygens (including phenoxy) is 1. The van der Waals surface area contributed by atoms with Crippen LogP contribution in [-0.2, 0) is 9.84 Å². The van der Waals surface area contributed by atoms with Gasteiger partial charge in [-0.2, -0.15) is 0 Å². The molecule has 5 heteroatoms. The second kappa shape index (κ2) is 4.90. The normalized spacial score (nSPS) is 10.6. The maximum atomic E-state index is 12.2. The minimum absolute atomic E-state index is 0.166. The first-order valence-corrected chi connectivity index (χ1v) is 6.59. The van der Waals surface area contributed by atoms with Crippen LogP contribution in [0.15, 0.2) is 64.4 Å². The predicted octanol–water partition coefficient (Wildman–Crippen LogP) is 2.38. The van der Waals surface area contributed by atoms with Crippen LogP contribution < -0.4 is 4.74 Å². The molecule has 0 unspecified atom stereocenters. The first kappa shape index (κ1) is 12.1. The van der Waals surface area contributed by atoms with E-state index in [4.69, 9.17) is 5.26 Å². The summed E-state index contributed by atoms with van der Waals surface area (Å²) in [5.41, 5.74) is 0. The summed E-state index contributed by atoms with van der Waals surface area (Å²) in [4.78, 5) is 0.401. The average molecular weight is 259 g/mol. The molecule has 0 bridgehead atoms. The molecule has 0 fully saturated rings. The van der Waals surface area contributed by atoms with Crippen LogP contribution >= 0.6 is 0 Å². The van der Waals surface area contributed by atoms with Gasteiger partial charge in [0.05, 0.1) is 9.79 Å². The molecule has 0 aliphatic heterocycles. The van der Waals surface area contributed by atoms with Gasteiger partial charge in [-0.15, -0.1) is 5.26 Å². The Morgan fingerprint density at radius 1 is 0.889 bits per heavy atom. The predicted molar refractivity (Wildman–Crippen MR) is 64.6 cm³/mol. The molecule has 0 radical (unpaired) electrons. The van der Waals surface area contributed by atoms with Gasteiger partial charge in [-0.25, -0.2) is 8.42 Å². The van der Waals surface area contributed by atoms with Gasteiger partial charge < -0.3 is 4.74 Å². The number of hydrogen-bond donors (Lipinski definition) is 0. The Balaban J connectivity index is 2.40. The standard InChI is InChI=1S/C13H9NO3S/c14-10-17-11-6-8-13(9-7-11)18(15,16)12-4-2-1-3-5-12/h1-9H. The monoisotopic (exact) mass is 259 g/mol. The Morgan fingerprint density at radius 2 is 1.44 bits per heavy atom. The van der Waals surface area contributed by atoms with Crippen LogP contribution in [0.3, 0.4) is 0 Å². The average Bonchev–Trinajstić information content (AvgIpc) is 2.41. The molecule has 0 N–H and O–H groups in total. The SMILES string of the molecule is N#COc1ccc(S(=O)(=O)c2ccccc2)cc1. The summed E-state index contributed by atoms with van der Waals surface area (Å²) in [7, 11) is -3.51. The summed E-state index contributed by atoms with van der Waals surface area (Å²) in [6.07, 6.45) is 1.52. The van der Waals surface area contributed by atoms with Gasteiger partial charge in [-0.05, 0) is 36.4 Å². The highest BCUT2D eigenvalue weighted by atomic mass is 32.2. The summed E-state index contributed by atoms with van der Waals surface area (Å²) in [6, 6.07) is 13.9. The van der Waals surface area contributed by atoms with Crippen LogP contribution in [0.2, 0.25) is 0 Å². The van der Waals surface area contributed by atoms with Crippen LogP contribution in [-0.4, -0.2) is 8.42 Å². The minimum Gasteiger partial charge on any atom is -0.388 e. The van der Waals surface area contributed by atoms with E-state index in [2.05, 4.69) is 4.74 Å². The molecule has 0 atom stereocenters. The fourth-order valence-electron chi connectivity index (χ4n) is 1.48. The van der Waals surface area contributed by atoms with Crippen LogP contribution in [0.4, 0.5) is 0 Å². The topological polar surface area (TPSA) is 67.2 Å². The van der Waals surface area contributed by atoms with Crippen LogP contribution in [0.1, 0.15) is 0 Å². The Morgan fingerprint density at radius 3 is 2.00 bits per heavy atom. The Kier molecular flexibility index (Phi) is 3.31. The van der Waals surface area contributed by atoms with Gasteiger partial charge in [0.25, 0.3) is 6.26 Å². The fourth-order valence-corrected chi connectivity index (χ4v) is 2.76. The summed E-state index contributed by atoms with van der Waals surface area (Å²) in [5, 5.41) is 8.34. The Bertz CT molecular complexity index is 670. The summed E-state index contributed by atoms with van der Waals surface area (Å²) in [5.74, 6) is 0.310. The smallest absolute Gasteiger partial charge is 0.292 e. The van der Waals surface area contributed by atoms with Crippen molar-refractivity contribution in [2.24, 2.45) is 0 Å². The molecular formula is C13H9NO3S. The highest BCUT2D eigenvalue weighted by Crippen LogP contribution is 2.22. The van der Waals surface area contributed by atoms with Crippen LogP contribution in [0, 0.1) is 11.5 Å². The van der Waals surface area contributed by atoms with E-state index in [0.717, 1.165) is 0 Å². The third kappa shape index (κ3) is 2.34. The maximum Gasteiger partial charge on any atom is 0.292 e. The Labute approximate surface area is 105 Å². The third-order valence-electron chi connectivity index (χ3n) is 2.35. The summed E-state index contributed by atoms with van der Waals surface area (Å²) < 4.78 is 29.0. The van der Waals surface area contributed by atoms with Crippen molar-refractivity contribution in [3.63, 3.8) is 0 Å². The Hall–Kier alpha value is -2.32. The van der Waals surface area contributed by atoms with E-state index < -0.39 is 9.84 Å². The van der Waals surface area contributed by atoms with E-state index in [1.54, 1.807) is 18.2 Å². The first-order chi connectivity index (χ1) is 8.64. The van der Waals surface area contributed by atoms with Gasteiger partial charge >= 0.3 is 0 Å². The number of sulfone groups is 1. The lowest BCUT2D eigenvalue weighted by atomic mass is 10.3. The molecule has 0 saturated heterocycles. The van der Waals surface area contributed by atoms with Crippen LogP contribution in [0.5, 0.6) is 5.75 Å². The zero-order valence-corrected chi connectivity index (χ0v) is 10.1. The quantitative estimate of drug-likeness (QED) is 0.794. The summed E-state index contributed by atoms with van der Waals surface area (Å²) in [6.45, 7) is 0. The molecule has 90 valence electrons. The lowest BCUT2D eigenvalue weighted by molar-refractivity contribution is 0.506. The van der Waals surface area contributed by atoms with Crippen molar-refractivity contribution >= 4 is 9.84 Å². The zero-order chi connectivity index (χ0) is 13.0. The largest absolute Gasteiger partial charge is 0.388 e. The van der Waals surface area contributed by atoms with Gasteiger partial charge in [0.2, 0.25) is 9.84 Å². The molecule has 2 aromatic carbocycles. The second-order valence-corrected chi connectivity index (χ2v) is 5.43. The maximum absolute atomic E-state index is 12.2. The van der Waals surface area contributed by atoms with Crippen LogP contribution in [0.25, 0.3) is 0 Å². The van der Waals surface area contributed by atoms with E-state index >= 15 is 0 Å². The molecule has 0 spiro atoms. The molecule has 0 heterocycles. The van der Waals surface area contributed by atoms with Gasteiger partial charge in [0, 0.05) is 0 Å². The number of nitrogens with zero attached hydrogens (tertiary/aromatic N) is 1. The molecule has 18 heavy (non-hydrogen) atoms. The zero-order valence-electron chi connectivity index (χ0n) is 9.28. The van der Waals surface area contributed by atoms with Gasteiger partial charge in [-0.1, -0.05) is 18.2 Å².